The summed E-state index contributed by atoms with van der Waals surface area (Å²) < 4.78 is 22.7. The number of hydrogen-bond donors (Lipinski definition) is 1. The molecule has 0 radical (unpaired) electrons. The fraction of sp³-hybridized carbons (Fsp3) is 0.0833. The summed E-state index contributed by atoms with van der Waals surface area (Å²) in [7, 11) is -3.18. The molecule has 0 bridgehead atoms. The van der Waals surface area contributed by atoms with Gasteiger partial charge in [0.25, 0.3) is 0 Å². The van der Waals surface area contributed by atoms with Crippen LogP contribution in [0.25, 0.3) is 0 Å². The lowest BCUT2D eigenvalue weighted by atomic mass is 10.4. The van der Waals surface area contributed by atoms with E-state index in [4.69, 9.17) is 17.3 Å². The summed E-state index contributed by atoms with van der Waals surface area (Å²) in [5.74, 6) is 0. The first-order chi connectivity index (χ1) is 8.86. The van der Waals surface area contributed by atoms with Crippen LogP contribution in [0.1, 0.15) is 0 Å². The number of sulfone groups is 1. The first-order valence-electron chi connectivity index (χ1n) is 5.26. The molecule has 4 nitrogen and oxygen atoms in total. The number of anilines is 1. The molecule has 2 N–H and O–H groups in total. The molecule has 0 aliphatic carbocycles. The molecule has 1 heterocycles. The molecule has 0 aliphatic heterocycles. The number of rotatable bonds is 3. The van der Waals surface area contributed by atoms with E-state index < -0.39 is 9.84 Å². The van der Waals surface area contributed by atoms with Crippen molar-refractivity contribution in [3.63, 3.8) is 0 Å². The van der Waals surface area contributed by atoms with Crippen LogP contribution in [0.15, 0.2) is 51.2 Å². The quantitative estimate of drug-likeness (QED) is 0.882. The van der Waals surface area contributed by atoms with Gasteiger partial charge in [0.15, 0.2) is 9.84 Å². The van der Waals surface area contributed by atoms with E-state index in [1.165, 1.54) is 18.0 Å². The van der Waals surface area contributed by atoms with E-state index in [1.54, 1.807) is 36.4 Å². The fourth-order valence-corrected chi connectivity index (χ4v) is 3.03. The summed E-state index contributed by atoms with van der Waals surface area (Å²) in [5, 5.41) is 0.962. The van der Waals surface area contributed by atoms with Crippen molar-refractivity contribution in [3.8, 4) is 0 Å². The number of aromatic nitrogens is 1. The molecule has 0 spiro atoms. The zero-order valence-electron chi connectivity index (χ0n) is 10.00. The molecule has 7 heteroatoms. The van der Waals surface area contributed by atoms with Crippen molar-refractivity contribution in [1.29, 1.82) is 0 Å². The van der Waals surface area contributed by atoms with E-state index in [0.717, 1.165) is 4.90 Å². The summed E-state index contributed by atoms with van der Waals surface area (Å²) in [6.07, 6.45) is 1.17. The molecular formula is C12H11ClN2O2S2. The SMILES string of the molecule is CS(=O)(=O)c1ccc(Sc2nc(Cl)ccc2N)cc1. The Bertz CT molecular complexity index is 700. The molecule has 0 amide bonds. The van der Waals surface area contributed by atoms with Gasteiger partial charge in [-0.1, -0.05) is 23.4 Å². The summed E-state index contributed by atoms with van der Waals surface area (Å²) in [5.41, 5.74) is 6.33. The largest absolute Gasteiger partial charge is 0.397 e. The van der Waals surface area contributed by atoms with Gasteiger partial charge in [-0.2, -0.15) is 0 Å². The zero-order valence-corrected chi connectivity index (χ0v) is 12.4. The van der Waals surface area contributed by atoms with Crippen molar-refractivity contribution in [2.45, 2.75) is 14.8 Å². The standard InChI is InChI=1S/C12H11ClN2O2S2/c1-19(16,17)9-4-2-8(3-5-9)18-12-10(14)6-7-11(13)15-12/h2-7H,14H2,1H3. The molecule has 1 aromatic carbocycles. The Morgan fingerprint density at radius 1 is 1.16 bits per heavy atom. The molecule has 0 atom stereocenters. The lowest BCUT2D eigenvalue weighted by Gasteiger charge is -2.05. The predicted octanol–water partition coefficient (Wildman–Crippen LogP) is 2.87. The van der Waals surface area contributed by atoms with Crippen molar-refractivity contribution in [3.05, 3.63) is 41.6 Å². The van der Waals surface area contributed by atoms with Crippen LogP contribution in [0.4, 0.5) is 5.69 Å². The third kappa shape index (κ3) is 3.62. The second kappa shape index (κ2) is 5.40. The topological polar surface area (TPSA) is 73.0 Å². The van der Waals surface area contributed by atoms with Crippen molar-refractivity contribution >= 4 is 38.9 Å². The first kappa shape index (κ1) is 14.2. The molecule has 0 unspecified atom stereocenters. The van der Waals surface area contributed by atoms with Gasteiger partial charge in [-0.15, -0.1) is 0 Å². The lowest BCUT2D eigenvalue weighted by Crippen LogP contribution is -1.96. The zero-order chi connectivity index (χ0) is 14.0. The van der Waals surface area contributed by atoms with Crippen LogP contribution in [0.5, 0.6) is 0 Å². The van der Waals surface area contributed by atoms with Crippen molar-refractivity contribution in [2.24, 2.45) is 0 Å². The van der Waals surface area contributed by atoms with Crippen LogP contribution in [0.3, 0.4) is 0 Å². The second-order valence-electron chi connectivity index (χ2n) is 3.87. The van der Waals surface area contributed by atoms with E-state index in [0.29, 0.717) is 15.9 Å². The highest BCUT2D eigenvalue weighted by molar-refractivity contribution is 7.99. The maximum Gasteiger partial charge on any atom is 0.175 e. The molecule has 0 aliphatic rings. The van der Waals surface area contributed by atoms with Gasteiger partial charge >= 0.3 is 0 Å². The third-order valence-electron chi connectivity index (χ3n) is 2.32. The van der Waals surface area contributed by atoms with Crippen molar-refractivity contribution in [1.82, 2.24) is 4.98 Å². The first-order valence-corrected chi connectivity index (χ1v) is 8.35. The van der Waals surface area contributed by atoms with Crippen LogP contribution in [-0.2, 0) is 9.84 Å². The summed E-state index contributed by atoms with van der Waals surface area (Å²) in [6, 6.07) is 9.83. The van der Waals surface area contributed by atoms with Gasteiger partial charge in [-0.3, -0.25) is 0 Å². The summed E-state index contributed by atoms with van der Waals surface area (Å²) in [4.78, 5) is 5.25. The number of halogens is 1. The lowest BCUT2D eigenvalue weighted by molar-refractivity contribution is 0.602. The average molecular weight is 315 g/mol. The van der Waals surface area contributed by atoms with Gasteiger partial charge in [0.1, 0.15) is 10.2 Å². The number of nitrogen functional groups attached to an aromatic ring is 1. The van der Waals surface area contributed by atoms with Crippen LogP contribution in [0.2, 0.25) is 5.15 Å². The minimum absolute atomic E-state index is 0.281. The highest BCUT2D eigenvalue weighted by Crippen LogP contribution is 2.31. The predicted molar refractivity (Wildman–Crippen MR) is 77.3 cm³/mol. The number of benzene rings is 1. The minimum Gasteiger partial charge on any atom is -0.397 e. The van der Waals surface area contributed by atoms with Crippen LogP contribution in [0, 0.1) is 0 Å². The molecule has 0 saturated heterocycles. The molecular weight excluding hydrogens is 304 g/mol. The number of nitrogens with zero attached hydrogens (tertiary/aromatic N) is 1. The summed E-state index contributed by atoms with van der Waals surface area (Å²) >= 11 is 7.14. The van der Waals surface area contributed by atoms with Gasteiger partial charge in [-0.25, -0.2) is 13.4 Å². The molecule has 2 aromatic rings. The summed E-state index contributed by atoms with van der Waals surface area (Å²) in [6.45, 7) is 0. The molecule has 0 fully saturated rings. The maximum atomic E-state index is 11.3. The smallest absolute Gasteiger partial charge is 0.175 e. The van der Waals surface area contributed by atoms with E-state index in [-0.39, 0.29) is 4.90 Å². The van der Waals surface area contributed by atoms with Gasteiger partial charge in [0.05, 0.1) is 10.6 Å². The highest BCUT2D eigenvalue weighted by Gasteiger charge is 2.08. The Labute approximate surface area is 120 Å². The molecule has 2 rings (SSSR count). The van der Waals surface area contributed by atoms with Crippen LogP contribution in [-0.4, -0.2) is 19.7 Å². The van der Waals surface area contributed by atoms with Gasteiger partial charge in [0, 0.05) is 11.2 Å². The van der Waals surface area contributed by atoms with E-state index in [1.807, 2.05) is 0 Å². The normalized spacial score (nSPS) is 11.5. The van der Waals surface area contributed by atoms with Crippen LogP contribution >= 0.6 is 23.4 Å². The molecule has 100 valence electrons. The van der Waals surface area contributed by atoms with Gasteiger partial charge in [0.2, 0.25) is 0 Å². The maximum absolute atomic E-state index is 11.3. The molecule has 0 saturated carbocycles. The average Bonchev–Trinajstić information content (AvgIpc) is 2.33. The Hall–Kier alpha value is -1.24. The number of nitrogens with two attached hydrogens (primary N) is 1. The highest BCUT2D eigenvalue weighted by atomic mass is 35.5. The second-order valence-corrected chi connectivity index (χ2v) is 7.34. The fourth-order valence-electron chi connectivity index (χ4n) is 1.38. The Balaban J connectivity index is 2.27. The van der Waals surface area contributed by atoms with Crippen molar-refractivity contribution in [2.75, 3.05) is 12.0 Å². The third-order valence-corrected chi connectivity index (χ3v) is 4.69. The van der Waals surface area contributed by atoms with Gasteiger partial charge < -0.3 is 5.73 Å². The number of hydrogen-bond acceptors (Lipinski definition) is 5. The van der Waals surface area contributed by atoms with Crippen LogP contribution < -0.4 is 5.73 Å². The molecule has 1 aromatic heterocycles. The van der Waals surface area contributed by atoms with E-state index >= 15 is 0 Å². The monoisotopic (exact) mass is 314 g/mol. The van der Waals surface area contributed by atoms with E-state index in [2.05, 4.69) is 4.98 Å². The Kier molecular flexibility index (Phi) is 4.03. The Morgan fingerprint density at radius 3 is 2.37 bits per heavy atom. The Morgan fingerprint density at radius 2 is 1.79 bits per heavy atom. The minimum atomic E-state index is -3.18. The van der Waals surface area contributed by atoms with Gasteiger partial charge in [-0.05, 0) is 36.4 Å². The molecule has 19 heavy (non-hydrogen) atoms. The van der Waals surface area contributed by atoms with E-state index in [9.17, 15) is 8.42 Å². The van der Waals surface area contributed by atoms with Crippen molar-refractivity contribution < 1.29 is 8.42 Å². The number of pyridine rings is 1.